The summed E-state index contributed by atoms with van der Waals surface area (Å²) < 4.78 is 43.7. The summed E-state index contributed by atoms with van der Waals surface area (Å²) in [7, 11) is 0. The van der Waals surface area contributed by atoms with Crippen LogP contribution >= 0.6 is 39.1 Å². The highest BCUT2D eigenvalue weighted by Gasteiger charge is 2.39. The van der Waals surface area contributed by atoms with E-state index in [0.29, 0.717) is 11.8 Å². The molecule has 27 heavy (non-hydrogen) atoms. The lowest BCUT2D eigenvalue weighted by molar-refractivity contribution is -0.136. The van der Waals surface area contributed by atoms with Crippen LogP contribution in [-0.2, 0) is 10.9 Å². The Balaban J connectivity index is 3.15. The molecule has 10 heteroatoms. The molecule has 2 amide bonds. The molecule has 1 rings (SSSR count). The van der Waals surface area contributed by atoms with E-state index in [9.17, 15) is 18.0 Å². The zero-order valence-corrected chi connectivity index (χ0v) is 18.1. The molecule has 0 heterocycles. The maximum Gasteiger partial charge on any atom is 0.418 e. The molecule has 4 nitrogen and oxygen atoms in total. The molecule has 0 spiro atoms. The molecule has 0 saturated heterocycles. The van der Waals surface area contributed by atoms with Crippen molar-refractivity contribution in [3.8, 4) is 0 Å². The number of carbonyl (C=O) groups is 1. The van der Waals surface area contributed by atoms with Crippen LogP contribution in [0.3, 0.4) is 0 Å². The van der Waals surface area contributed by atoms with Gasteiger partial charge in [0.05, 0.1) is 17.9 Å². The summed E-state index contributed by atoms with van der Waals surface area (Å²) in [6, 6.07) is 3.98. The monoisotopic (exact) mass is 492 g/mol. The van der Waals surface area contributed by atoms with Crippen LogP contribution in [0.15, 0.2) is 24.3 Å². The summed E-state index contributed by atoms with van der Waals surface area (Å²) in [5.74, 6) is 0. The fourth-order valence-electron chi connectivity index (χ4n) is 2.35. The largest absolute Gasteiger partial charge is 0.418 e. The van der Waals surface area contributed by atoms with Gasteiger partial charge in [-0.2, -0.15) is 13.2 Å². The Labute approximate surface area is 175 Å². The number of ether oxygens (including phenoxy) is 1. The lowest BCUT2D eigenvalue weighted by atomic mass is 10.1. The maximum absolute atomic E-state index is 13.2. The van der Waals surface area contributed by atoms with Gasteiger partial charge in [-0.15, -0.1) is 0 Å². The van der Waals surface area contributed by atoms with Gasteiger partial charge in [-0.3, -0.25) is 4.90 Å². The van der Waals surface area contributed by atoms with Crippen LogP contribution in [-0.4, -0.2) is 40.0 Å². The van der Waals surface area contributed by atoms with Gasteiger partial charge in [-0.1, -0.05) is 64.6 Å². The number of nitrogens with zero attached hydrogens (tertiary/aromatic N) is 1. The summed E-state index contributed by atoms with van der Waals surface area (Å²) in [6.07, 6.45) is -4.28. The Bertz CT molecular complexity index is 613. The predicted octanol–water partition coefficient (Wildman–Crippen LogP) is 6.27. The summed E-state index contributed by atoms with van der Waals surface area (Å²) in [6.45, 7) is 3.82. The number of para-hydroxylation sites is 1. The first-order valence-electron chi connectivity index (χ1n) is 8.31. The molecule has 1 atom stereocenters. The molecule has 0 aliphatic rings. The molecule has 1 unspecified atom stereocenters. The maximum atomic E-state index is 13.2. The van der Waals surface area contributed by atoms with Gasteiger partial charge >= 0.3 is 12.2 Å². The Morgan fingerprint density at radius 3 is 2.48 bits per heavy atom. The van der Waals surface area contributed by atoms with E-state index in [1.165, 1.54) is 30.0 Å². The minimum Gasteiger partial charge on any atom is -0.354 e. The van der Waals surface area contributed by atoms with Crippen molar-refractivity contribution in [2.24, 2.45) is 0 Å². The van der Waals surface area contributed by atoms with E-state index in [2.05, 4.69) is 21.2 Å². The Morgan fingerprint density at radius 2 is 1.96 bits per heavy atom. The molecule has 0 radical (unpaired) electrons. The lowest BCUT2D eigenvalue weighted by Crippen LogP contribution is -2.52. The van der Waals surface area contributed by atoms with Crippen molar-refractivity contribution in [3.63, 3.8) is 0 Å². The third kappa shape index (κ3) is 7.68. The molecule has 1 aromatic carbocycles. The van der Waals surface area contributed by atoms with Crippen molar-refractivity contribution in [2.75, 3.05) is 23.8 Å². The number of benzene rings is 1. The van der Waals surface area contributed by atoms with Gasteiger partial charge in [0, 0.05) is 11.9 Å². The van der Waals surface area contributed by atoms with Crippen LogP contribution in [0.1, 0.15) is 32.3 Å². The third-order valence-electron chi connectivity index (χ3n) is 3.56. The molecular formula is C17H22BrCl2F3N2O2. The molecule has 0 saturated carbocycles. The van der Waals surface area contributed by atoms with Crippen molar-refractivity contribution in [1.29, 1.82) is 0 Å². The molecule has 1 N–H and O–H groups in total. The number of halogens is 6. The minimum absolute atomic E-state index is 0.217. The molecule has 0 fully saturated rings. The van der Waals surface area contributed by atoms with E-state index in [1.54, 1.807) is 0 Å². The normalized spacial score (nSPS) is 13.3. The van der Waals surface area contributed by atoms with Crippen molar-refractivity contribution in [2.45, 2.75) is 43.4 Å². The summed E-state index contributed by atoms with van der Waals surface area (Å²) in [5, 5.41) is 2.79. The highest BCUT2D eigenvalue weighted by atomic mass is 79.9. The van der Waals surface area contributed by atoms with Crippen LogP contribution in [0.2, 0.25) is 0 Å². The number of rotatable bonds is 9. The molecule has 0 aromatic heterocycles. The van der Waals surface area contributed by atoms with E-state index in [1.807, 2.05) is 6.92 Å². The fourth-order valence-corrected chi connectivity index (χ4v) is 2.89. The van der Waals surface area contributed by atoms with Crippen LogP contribution in [0, 0.1) is 0 Å². The van der Waals surface area contributed by atoms with E-state index < -0.39 is 28.3 Å². The van der Waals surface area contributed by atoms with Crippen LogP contribution in [0.4, 0.5) is 23.7 Å². The summed E-state index contributed by atoms with van der Waals surface area (Å²) in [4.78, 5) is 14.0. The van der Waals surface area contributed by atoms with Crippen LogP contribution in [0.5, 0.6) is 0 Å². The van der Waals surface area contributed by atoms with E-state index in [0.717, 1.165) is 12.5 Å². The second-order valence-corrected chi connectivity index (χ2v) is 8.45. The van der Waals surface area contributed by atoms with Crippen LogP contribution < -0.4 is 5.32 Å². The van der Waals surface area contributed by atoms with Gasteiger partial charge in [0.25, 0.3) is 0 Å². The highest BCUT2D eigenvalue weighted by molar-refractivity contribution is 9.09. The van der Waals surface area contributed by atoms with E-state index in [-0.39, 0.29) is 18.8 Å². The average molecular weight is 494 g/mol. The highest BCUT2D eigenvalue weighted by Crippen LogP contribution is 2.35. The smallest absolute Gasteiger partial charge is 0.354 e. The van der Waals surface area contributed by atoms with Crippen LogP contribution in [0.25, 0.3) is 0 Å². The number of amides is 2. The zero-order valence-electron chi connectivity index (χ0n) is 15.0. The van der Waals surface area contributed by atoms with Crippen molar-refractivity contribution in [3.05, 3.63) is 29.8 Å². The molecular weight excluding hydrogens is 472 g/mol. The molecule has 0 aliphatic carbocycles. The summed E-state index contributed by atoms with van der Waals surface area (Å²) in [5.41, 5.74) is -1.28. The molecule has 0 bridgehead atoms. The van der Waals surface area contributed by atoms with Crippen molar-refractivity contribution >= 4 is 50.9 Å². The number of unbranched alkanes of at least 4 members (excludes halogenated alkanes) is 1. The SMILES string of the molecule is CCCCN(C(=O)Nc1ccccc1C(F)(F)F)C(OCCBr)C(C)(Cl)Cl. The average Bonchev–Trinajstić information content (AvgIpc) is 2.56. The number of urea groups is 1. The van der Waals surface area contributed by atoms with E-state index >= 15 is 0 Å². The predicted molar refractivity (Wildman–Crippen MR) is 106 cm³/mol. The summed E-state index contributed by atoms with van der Waals surface area (Å²) >= 11 is 15.6. The molecule has 0 aliphatic heterocycles. The topological polar surface area (TPSA) is 41.6 Å². The second kappa shape index (κ2) is 10.7. The molecule has 154 valence electrons. The third-order valence-corrected chi connectivity index (χ3v) is 4.25. The Hall–Kier alpha value is -0.700. The minimum atomic E-state index is -4.60. The number of hydrogen-bond acceptors (Lipinski definition) is 2. The fraction of sp³-hybridized carbons (Fsp3) is 0.588. The van der Waals surface area contributed by atoms with Crippen molar-refractivity contribution < 1.29 is 22.7 Å². The zero-order chi connectivity index (χ0) is 20.7. The quantitative estimate of drug-likeness (QED) is 0.325. The first-order chi connectivity index (χ1) is 12.5. The van der Waals surface area contributed by atoms with Gasteiger partial charge in [0.2, 0.25) is 0 Å². The number of nitrogens with one attached hydrogen (secondary N) is 1. The Morgan fingerprint density at radius 1 is 1.33 bits per heavy atom. The van der Waals surface area contributed by atoms with Gasteiger partial charge in [0.15, 0.2) is 10.6 Å². The second-order valence-electron chi connectivity index (χ2n) is 5.89. The first kappa shape index (κ1) is 24.3. The van der Waals surface area contributed by atoms with Gasteiger partial charge in [-0.25, -0.2) is 4.79 Å². The standard InChI is InChI=1S/C17H22BrCl2F3N2O2/c1-3-4-10-25(14(16(2,19)20)27-11-9-18)15(26)24-13-8-6-5-7-12(13)17(21,22)23/h5-8,14H,3-4,9-11H2,1-2H3,(H,24,26). The molecule has 1 aromatic rings. The van der Waals surface area contributed by atoms with Crippen molar-refractivity contribution in [1.82, 2.24) is 4.90 Å². The number of hydrogen-bond donors (Lipinski definition) is 1. The number of anilines is 1. The van der Waals surface area contributed by atoms with E-state index in [4.69, 9.17) is 27.9 Å². The Kier molecular flexibility index (Phi) is 9.68. The number of alkyl halides is 6. The van der Waals surface area contributed by atoms with Gasteiger partial charge in [-0.05, 0) is 25.5 Å². The van der Waals surface area contributed by atoms with Gasteiger partial charge in [0.1, 0.15) is 0 Å². The van der Waals surface area contributed by atoms with Gasteiger partial charge < -0.3 is 10.1 Å². The first-order valence-corrected chi connectivity index (χ1v) is 10.2. The lowest BCUT2D eigenvalue weighted by Gasteiger charge is -2.37. The number of carbonyl (C=O) groups excluding carboxylic acids is 1.